The first-order chi connectivity index (χ1) is 12.5. The molecule has 7 heteroatoms. The molecular weight excluding hydrogens is 368 g/mol. The second-order valence-corrected chi connectivity index (χ2v) is 10.9. The van der Waals surface area contributed by atoms with Crippen molar-refractivity contribution >= 4 is 33.2 Å². The van der Waals surface area contributed by atoms with Crippen molar-refractivity contribution in [3.05, 3.63) is 24.3 Å². The summed E-state index contributed by atoms with van der Waals surface area (Å²) in [5.74, 6) is 1.44. The minimum absolute atomic E-state index is 0.0979. The Morgan fingerprint density at radius 3 is 2.65 bits per heavy atom. The largest absolute Gasteiger partial charge is 0.360 e. The number of hydrogen-bond acceptors (Lipinski definition) is 5. The summed E-state index contributed by atoms with van der Waals surface area (Å²) in [7, 11) is -3.00. The van der Waals surface area contributed by atoms with E-state index < -0.39 is 9.84 Å². The Labute approximate surface area is 160 Å². The molecule has 1 aliphatic carbocycles. The van der Waals surface area contributed by atoms with E-state index in [4.69, 9.17) is 0 Å². The Morgan fingerprint density at radius 2 is 1.92 bits per heavy atom. The van der Waals surface area contributed by atoms with E-state index in [9.17, 15) is 13.2 Å². The topological polar surface area (TPSA) is 57.7 Å². The molecule has 5 nitrogen and oxygen atoms in total. The van der Waals surface area contributed by atoms with Crippen LogP contribution in [0.1, 0.15) is 32.1 Å². The lowest BCUT2D eigenvalue weighted by molar-refractivity contribution is -0.134. The molecule has 2 aliphatic heterocycles. The van der Waals surface area contributed by atoms with Crippen LogP contribution < -0.4 is 4.90 Å². The molecule has 1 aromatic carbocycles. The zero-order chi connectivity index (χ0) is 18.1. The Balaban J connectivity index is 1.54. The third-order valence-electron chi connectivity index (χ3n) is 5.76. The smallest absolute Gasteiger partial charge is 0.242 e. The third kappa shape index (κ3) is 3.74. The van der Waals surface area contributed by atoms with Gasteiger partial charge in [-0.2, -0.15) is 0 Å². The molecule has 0 spiro atoms. The lowest BCUT2D eigenvalue weighted by Gasteiger charge is -2.37. The molecule has 1 atom stereocenters. The Bertz CT molecular complexity index is 775. The van der Waals surface area contributed by atoms with Crippen molar-refractivity contribution in [2.24, 2.45) is 0 Å². The number of sulfone groups is 1. The first-order valence-corrected chi connectivity index (χ1v) is 12.3. The highest BCUT2D eigenvalue weighted by Gasteiger charge is 2.39. The van der Waals surface area contributed by atoms with Gasteiger partial charge in [-0.3, -0.25) is 4.79 Å². The highest BCUT2D eigenvalue weighted by Crippen LogP contribution is 2.35. The van der Waals surface area contributed by atoms with E-state index in [1.165, 1.54) is 4.90 Å². The van der Waals surface area contributed by atoms with Crippen LogP contribution >= 0.6 is 11.8 Å². The minimum Gasteiger partial charge on any atom is -0.360 e. The second kappa shape index (κ2) is 7.43. The molecule has 0 unspecified atom stereocenters. The fraction of sp³-hybridized carbons (Fsp3) is 0.632. The first kappa shape index (κ1) is 18.2. The average Bonchev–Trinajstić information content (AvgIpc) is 3.26. The number of carbonyl (C=O) groups is 1. The molecule has 0 N–H and O–H groups in total. The van der Waals surface area contributed by atoms with Gasteiger partial charge in [0.15, 0.2) is 9.84 Å². The zero-order valence-electron chi connectivity index (χ0n) is 15.0. The van der Waals surface area contributed by atoms with Crippen molar-refractivity contribution in [3.8, 4) is 0 Å². The molecule has 2 fully saturated rings. The van der Waals surface area contributed by atoms with Crippen LogP contribution in [0.3, 0.4) is 0 Å². The van der Waals surface area contributed by atoms with E-state index in [0.717, 1.165) is 43.7 Å². The maximum atomic E-state index is 13.3. The van der Waals surface area contributed by atoms with Gasteiger partial charge < -0.3 is 9.80 Å². The molecule has 1 aromatic rings. The molecule has 1 amide bonds. The zero-order valence-corrected chi connectivity index (χ0v) is 16.6. The second-order valence-electron chi connectivity index (χ2n) is 7.53. The number of para-hydroxylation sites is 1. The van der Waals surface area contributed by atoms with Gasteiger partial charge in [0.1, 0.15) is 0 Å². The summed E-state index contributed by atoms with van der Waals surface area (Å²) in [5.41, 5.74) is 1.13. The van der Waals surface area contributed by atoms with Gasteiger partial charge >= 0.3 is 0 Å². The standard InChI is InChI=1S/C19H26N2O3S2/c22-19(13-20-10-11-25-18-8-4-3-7-17(18)20)21(15-5-1-2-6-15)16-9-12-26(23,24)14-16/h3-4,7-8,15-16H,1-2,5-6,9-14H2/t16-/m1/s1. The van der Waals surface area contributed by atoms with E-state index in [0.29, 0.717) is 13.0 Å². The van der Waals surface area contributed by atoms with Crippen LogP contribution in [0.4, 0.5) is 5.69 Å². The van der Waals surface area contributed by atoms with Crippen molar-refractivity contribution in [2.45, 2.75) is 49.1 Å². The number of rotatable bonds is 4. The van der Waals surface area contributed by atoms with Gasteiger partial charge in [-0.25, -0.2) is 8.42 Å². The molecule has 26 heavy (non-hydrogen) atoms. The molecule has 1 saturated heterocycles. The molecule has 1 saturated carbocycles. The predicted octanol–water partition coefficient (Wildman–Crippen LogP) is 2.56. The van der Waals surface area contributed by atoms with Crippen LogP contribution in [-0.2, 0) is 14.6 Å². The van der Waals surface area contributed by atoms with Crippen molar-refractivity contribution in [3.63, 3.8) is 0 Å². The van der Waals surface area contributed by atoms with E-state index >= 15 is 0 Å². The van der Waals surface area contributed by atoms with Gasteiger partial charge in [-0.15, -0.1) is 11.8 Å². The van der Waals surface area contributed by atoms with Crippen LogP contribution in [0, 0.1) is 0 Å². The normalized spacial score (nSPS) is 25.2. The van der Waals surface area contributed by atoms with Gasteiger partial charge in [-0.1, -0.05) is 25.0 Å². The lowest BCUT2D eigenvalue weighted by atomic mass is 10.1. The minimum atomic E-state index is -3.00. The Morgan fingerprint density at radius 1 is 1.15 bits per heavy atom. The van der Waals surface area contributed by atoms with Crippen molar-refractivity contribution < 1.29 is 13.2 Å². The van der Waals surface area contributed by atoms with Crippen LogP contribution in [0.2, 0.25) is 0 Å². The number of benzene rings is 1. The number of fused-ring (bicyclic) bond motifs is 1. The quantitative estimate of drug-likeness (QED) is 0.786. The van der Waals surface area contributed by atoms with Gasteiger partial charge in [0, 0.05) is 29.3 Å². The summed E-state index contributed by atoms with van der Waals surface area (Å²) in [5, 5.41) is 0. The summed E-state index contributed by atoms with van der Waals surface area (Å²) in [6.45, 7) is 1.21. The van der Waals surface area contributed by atoms with Crippen LogP contribution in [0.5, 0.6) is 0 Å². The average molecular weight is 395 g/mol. The summed E-state index contributed by atoms with van der Waals surface area (Å²) in [6, 6.07) is 8.32. The molecule has 0 bridgehead atoms. The third-order valence-corrected chi connectivity index (χ3v) is 8.55. The number of nitrogens with zero attached hydrogens (tertiary/aromatic N) is 2. The Hall–Kier alpha value is -1.21. The molecule has 3 aliphatic rings. The number of amides is 1. The predicted molar refractivity (Wildman–Crippen MR) is 106 cm³/mol. The fourth-order valence-corrected chi connectivity index (χ4v) is 7.28. The molecule has 0 aromatic heterocycles. The van der Waals surface area contributed by atoms with Gasteiger partial charge in [0.25, 0.3) is 0 Å². The SMILES string of the molecule is O=C(CN1CCSc2ccccc21)N(C1CCCC1)[C@@H]1CCS(=O)(=O)C1. The van der Waals surface area contributed by atoms with Gasteiger partial charge in [-0.05, 0) is 31.4 Å². The van der Waals surface area contributed by atoms with E-state index in [1.807, 2.05) is 28.8 Å². The molecular formula is C19H26N2O3S2. The van der Waals surface area contributed by atoms with Crippen molar-refractivity contribution in [2.75, 3.05) is 35.2 Å². The summed E-state index contributed by atoms with van der Waals surface area (Å²) in [4.78, 5) is 18.6. The maximum absolute atomic E-state index is 13.3. The molecule has 142 valence electrons. The van der Waals surface area contributed by atoms with Crippen LogP contribution in [0.25, 0.3) is 0 Å². The molecule has 0 radical (unpaired) electrons. The lowest BCUT2D eigenvalue weighted by Crippen LogP contribution is -2.51. The monoisotopic (exact) mass is 394 g/mol. The summed E-state index contributed by atoms with van der Waals surface area (Å²) < 4.78 is 24.0. The highest BCUT2D eigenvalue weighted by molar-refractivity contribution is 7.99. The van der Waals surface area contributed by atoms with Crippen LogP contribution in [0.15, 0.2) is 29.2 Å². The van der Waals surface area contributed by atoms with Crippen molar-refractivity contribution in [1.82, 2.24) is 4.90 Å². The first-order valence-electron chi connectivity index (χ1n) is 9.52. The van der Waals surface area contributed by atoms with E-state index in [-0.39, 0.29) is 29.5 Å². The summed E-state index contributed by atoms with van der Waals surface area (Å²) >= 11 is 1.83. The number of hydrogen-bond donors (Lipinski definition) is 0. The van der Waals surface area contributed by atoms with Crippen LogP contribution in [-0.4, -0.2) is 61.7 Å². The van der Waals surface area contributed by atoms with Gasteiger partial charge in [0.2, 0.25) is 5.91 Å². The number of thioether (sulfide) groups is 1. The maximum Gasteiger partial charge on any atom is 0.242 e. The summed E-state index contributed by atoms with van der Waals surface area (Å²) in [6.07, 6.45) is 4.88. The van der Waals surface area contributed by atoms with Crippen molar-refractivity contribution in [1.29, 1.82) is 0 Å². The number of carbonyl (C=O) groups excluding carboxylic acids is 1. The molecule has 2 heterocycles. The van der Waals surface area contributed by atoms with E-state index in [2.05, 4.69) is 17.0 Å². The van der Waals surface area contributed by atoms with Gasteiger partial charge in [0.05, 0.1) is 23.7 Å². The Kier molecular flexibility index (Phi) is 5.19. The molecule has 4 rings (SSSR count). The van der Waals surface area contributed by atoms with E-state index in [1.54, 1.807) is 0 Å². The highest BCUT2D eigenvalue weighted by atomic mass is 32.2. The fourth-order valence-electron chi connectivity index (χ4n) is 4.52. The number of anilines is 1.